The van der Waals surface area contributed by atoms with E-state index < -0.39 is 0 Å². The number of nitrogens with zero attached hydrogens (tertiary/aromatic N) is 5. The molecule has 0 aromatic carbocycles. The molecule has 0 aliphatic carbocycles. The molecular formula is C18H21N5O. The van der Waals surface area contributed by atoms with Gasteiger partial charge in [-0.1, -0.05) is 6.07 Å². The summed E-state index contributed by atoms with van der Waals surface area (Å²) in [5.74, 6) is -0.00768. The van der Waals surface area contributed by atoms with E-state index in [1.165, 1.54) is 0 Å². The lowest BCUT2D eigenvalue weighted by Crippen LogP contribution is -2.39. The Kier molecular flexibility index (Phi) is 3.59. The van der Waals surface area contributed by atoms with Crippen molar-refractivity contribution in [3.63, 3.8) is 0 Å². The normalized spacial score (nSPS) is 18.2. The molecule has 0 unspecified atom stereocenters. The topological polar surface area (TPSA) is 55.4 Å². The third-order valence-electron chi connectivity index (χ3n) is 4.66. The van der Waals surface area contributed by atoms with Crippen LogP contribution in [0.5, 0.6) is 0 Å². The Morgan fingerprint density at radius 1 is 1.21 bits per heavy atom. The second-order valence-electron chi connectivity index (χ2n) is 6.52. The summed E-state index contributed by atoms with van der Waals surface area (Å²) in [6, 6.07) is 6.00. The number of carbonyl (C=O) groups excluding carboxylic acids is 1. The Morgan fingerprint density at radius 3 is 2.88 bits per heavy atom. The van der Waals surface area contributed by atoms with Crippen LogP contribution >= 0.6 is 0 Å². The van der Waals surface area contributed by atoms with Gasteiger partial charge in [0.25, 0.3) is 5.91 Å². The highest BCUT2D eigenvalue weighted by Gasteiger charge is 2.31. The lowest BCUT2D eigenvalue weighted by atomic mass is 9.99. The molecule has 0 bridgehead atoms. The zero-order valence-electron chi connectivity index (χ0n) is 14.0. The van der Waals surface area contributed by atoms with Crippen molar-refractivity contribution in [2.24, 2.45) is 7.05 Å². The van der Waals surface area contributed by atoms with Crippen molar-refractivity contribution in [3.05, 3.63) is 53.7 Å². The first-order valence-corrected chi connectivity index (χ1v) is 8.38. The number of fused-ring (bicyclic) bond motifs is 1. The molecule has 3 aromatic rings. The number of likely N-dealkylation sites (tertiary alicyclic amines) is 1. The van der Waals surface area contributed by atoms with E-state index >= 15 is 0 Å². The van der Waals surface area contributed by atoms with E-state index in [2.05, 4.69) is 10.1 Å². The zero-order valence-corrected chi connectivity index (χ0v) is 14.0. The van der Waals surface area contributed by atoms with Gasteiger partial charge in [0, 0.05) is 32.2 Å². The maximum absolute atomic E-state index is 13.1. The first kappa shape index (κ1) is 14.9. The summed E-state index contributed by atoms with van der Waals surface area (Å²) in [7, 11) is 1.91. The van der Waals surface area contributed by atoms with Crippen LogP contribution in [0.15, 0.2) is 36.8 Å². The number of rotatable bonds is 2. The smallest absolute Gasteiger partial charge is 0.274 e. The minimum atomic E-state index is -0.00768. The SMILES string of the molecule is Cc1ccc2nc(C(=O)N3CCCC[C@@H]3c3ccn(C)n3)cn2c1. The molecule has 1 atom stereocenters. The van der Waals surface area contributed by atoms with Gasteiger partial charge in [-0.3, -0.25) is 9.48 Å². The average Bonchev–Trinajstić information content (AvgIpc) is 3.20. The van der Waals surface area contributed by atoms with Crippen LogP contribution in [0.1, 0.15) is 47.1 Å². The van der Waals surface area contributed by atoms with Gasteiger partial charge in [-0.25, -0.2) is 4.98 Å². The van der Waals surface area contributed by atoms with Crippen LogP contribution in [0.3, 0.4) is 0 Å². The van der Waals surface area contributed by atoms with E-state index in [9.17, 15) is 4.79 Å². The number of imidazole rings is 1. The first-order chi connectivity index (χ1) is 11.6. The quantitative estimate of drug-likeness (QED) is 0.728. The number of piperidine rings is 1. The molecule has 6 nitrogen and oxygen atoms in total. The van der Waals surface area contributed by atoms with Crippen LogP contribution < -0.4 is 0 Å². The van der Waals surface area contributed by atoms with Gasteiger partial charge in [0.15, 0.2) is 0 Å². The molecule has 24 heavy (non-hydrogen) atoms. The number of pyridine rings is 1. The Bertz CT molecular complexity index is 894. The van der Waals surface area contributed by atoms with Crippen molar-refractivity contribution in [1.82, 2.24) is 24.1 Å². The fraction of sp³-hybridized carbons (Fsp3) is 0.389. The summed E-state index contributed by atoms with van der Waals surface area (Å²) in [4.78, 5) is 19.5. The summed E-state index contributed by atoms with van der Waals surface area (Å²) >= 11 is 0. The van der Waals surface area contributed by atoms with Gasteiger partial charge in [0.05, 0.1) is 11.7 Å². The molecule has 4 rings (SSSR count). The van der Waals surface area contributed by atoms with E-state index in [4.69, 9.17) is 0 Å². The Balaban J connectivity index is 1.67. The molecule has 0 spiro atoms. The predicted molar refractivity (Wildman–Crippen MR) is 90.8 cm³/mol. The standard InChI is InChI=1S/C18H21N5O/c1-13-6-7-17-19-15(12-22(17)11-13)18(24)23-9-4-3-5-16(23)14-8-10-21(2)20-14/h6-8,10-12,16H,3-5,9H2,1-2H3/t16-/m1/s1. The van der Waals surface area contributed by atoms with E-state index in [0.29, 0.717) is 5.69 Å². The van der Waals surface area contributed by atoms with E-state index in [1.54, 1.807) is 4.68 Å². The van der Waals surface area contributed by atoms with E-state index in [1.807, 2.05) is 60.1 Å². The molecule has 1 aliphatic heterocycles. The predicted octanol–water partition coefficient (Wildman–Crippen LogP) is 2.74. The monoisotopic (exact) mass is 323 g/mol. The van der Waals surface area contributed by atoms with Gasteiger partial charge in [0.1, 0.15) is 11.3 Å². The summed E-state index contributed by atoms with van der Waals surface area (Å²) in [5.41, 5.74) is 3.41. The van der Waals surface area contributed by atoms with Crippen molar-refractivity contribution in [2.45, 2.75) is 32.2 Å². The van der Waals surface area contributed by atoms with Crippen LogP contribution in [0.4, 0.5) is 0 Å². The Morgan fingerprint density at radius 2 is 2.08 bits per heavy atom. The minimum absolute atomic E-state index is 0.00768. The number of hydrogen-bond acceptors (Lipinski definition) is 3. The van der Waals surface area contributed by atoms with Gasteiger partial charge >= 0.3 is 0 Å². The van der Waals surface area contributed by atoms with Crippen molar-refractivity contribution in [2.75, 3.05) is 6.54 Å². The third kappa shape index (κ3) is 2.58. The fourth-order valence-electron chi connectivity index (χ4n) is 3.45. The van der Waals surface area contributed by atoms with Gasteiger partial charge in [-0.2, -0.15) is 5.10 Å². The molecular weight excluding hydrogens is 302 g/mol. The molecule has 124 valence electrons. The zero-order chi connectivity index (χ0) is 16.7. The highest BCUT2D eigenvalue weighted by atomic mass is 16.2. The van der Waals surface area contributed by atoms with Crippen molar-refractivity contribution in [3.8, 4) is 0 Å². The molecule has 4 heterocycles. The molecule has 0 radical (unpaired) electrons. The number of amides is 1. The molecule has 1 amide bonds. The van der Waals surface area contributed by atoms with Crippen molar-refractivity contribution < 1.29 is 4.79 Å². The van der Waals surface area contributed by atoms with E-state index in [0.717, 1.165) is 42.7 Å². The first-order valence-electron chi connectivity index (χ1n) is 8.38. The second-order valence-corrected chi connectivity index (χ2v) is 6.52. The highest BCUT2D eigenvalue weighted by Crippen LogP contribution is 2.31. The van der Waals surface area contributed by atoms with E-state index in [-0.39, 0.29) is 11.9 Å². The Labute approximate surface area is 140 Å². The molecule has 1 saturated heterocycles. The molecule has 1 aliphatic rings. The fourth-order valence-corrected chi connectivity index (χ4v) is 3.45. The van der Waals surface area contributed by atoms with Gasteiger partial charge < -0.3 is 9.30 Å². The maximum atomic E-state index is 13.1. The van der Waals surface area contributed by atoms with Gasteiger partial charge in [-0.15, -0.1) is 0 Å². The van der Waals surface area contributed by atoms with Crippen molar-refractivity contribution in [1.29, 1.82) is 0 Å². The third-order valence-corrected chi connectivity index (χ3v) is 4.66. The largest absolute Gasteiger partial charge is 0.329 e. The van der Waals surface area contributed by atoms with Gasteiger partial charge in [-0.05, 0) is 43.9 Å². The minimum Gasteiger partial charge on any atom is -0.329 e. The van der Waals surface area contributed by atoms with Crippen LogP contribution in [-0.4, -0.2) is 36.5 Å². The number of aromatic nitrogens is 4. The van der Waals surface area contributed by atoms with Gasteiger partial charge in [0.2, 0.25) is 0 Å². The molecule has 1 fully saturated rings. The number of carbonyl (C=O) groups is 1. The lowest BCUT2D eigenvalue weighted by molar-refractivity contribution is 0.0600. The summed E-state index contributed by atoms with van der Waals surface area (Å²) in [5, 5.41) is 4.51. The summed E-state index contributed by atoms with van der Waals surface area (Å²) in [6.07, 6.45) is 8.85. The Hall–Kier alpha value is -2.63. The van der Waals surface area contributed by atoms with Crippen molar-refractivity contribution >= 4 is 11.6 Å². The maximum Gasteiger partial charge on any atom is 0.274 e. The van der Waals surface area contributed by atoms with Crippen LogP contribution in [0.2, 0.25) is 0 Å². The van der Waals surface area contributed by atoms with Crippen LogP contribution in [-0.2, 0) is 7.05 Å². The summed E-state index contributed by atoms with van der Waals surface area (Å²) in [6.45, 7) is 2.79. The molecule has 0 N–H and O–H groups in total. The summed E-state index contributed by atoms with van der Waals surface area (Å²) < 4.78 is 3.71. The molecule has 3 aromatic heterocycles. The average molecular weight is 323 g/mol. The highest BCUT2D eigenvalue weighted by molar-refractivity contribution is 5.93. The molecule has 0 saturated carbocycles. The second kappa shape index (κ2) is 5.78. The number of hydrogen-bond donors (Lipinski definition) is 0. The van der Waals surface area contributed by atoms with Crippen LogP contribution in [0.25, 0.3) is 5.65 Å². The lowest BCUT2D eigenvalue weighted by Gasteiger charge is -2.34. The van der Waals surface area contributed by atoms with Crippen LogP contribution in [0, 0.1) is 6.92 Å². The molecule has 6 heteroatoms. The number of aryl methyl sites for hydroxylation is 2.